The first-order valence-electron chi connectivity index (χ1n) is 7.04. The van der Waals surface area contributed by atoms with Gasteiger partial charge in [0.1, 0.15) is 0 Å². The van der Waals surface area contributed by atoms with E-state index in [0.717, 1.165) is 22.3 Å². The van der Waals surface area contributed by atoms with E-state index in [1.165, 1.54) is 14.2 Å². The average molecular weight is 296 g/mol. The van der Waals surface area contributed by atoms with Gasteiger partial charge in [0.15, 0.2) is 0 Å². The van der Waals surface area contributed by atoms with Crippen molar-refractivity contribution in [3.63, 3.8) is 0 Å². The van der Waals surface area contributed by atoms with Crippen molar-refractivity contribution in [3.8, 4) is 0 Å². The summed E-state index contributed by atoms with van der Waals surface area (Å²) in [6.07, 6.45) is 1.22. The van der Waals surface area contributed by atoms with Crippen LogP contribution in [0.25, 0.3) is 0 Å². The molecular weight excluding hydrogens is 280 g/mol. The van der Waals surface area contributed by atoms with Gasteiger partial charge in [0.05, 0.1) is 25.3 Å². The lowest BCUT2D eigenvalue weighted by molar-refractivity contribution is 0.0589. The van der Waals surface area contributed by atoms with Crippen LogP contribution in [0.5, 0.6) is 0 Å². The van der Waals surface area contributed by atoms with Crippen molar-refractivity contribution in [1.29, 1.82) is 0 Å². The Morgan fingerprint density at radius 1 is 0.773 bits per heavy atom. The number of rotatable bonds is 2. The topological polar surface area (TPSA) is 52.6 Å². The molecule has 0 heterocycles. The summed E-state index contributed by atoms with van der Waals surface area (Å²) in [6, 6.07) is 11.2. The van der Waals surface area contributed by atoms with E-state index in [1.54, 1.807) is 12.1 Å². The van der Waals surface area contributed by atoms with Crippen molar-refractivity contribution >= 4 is 11.9 Å². The molecule has 0 fully saturated rings. The lowest BCUT2D eigenvalue weighted by Crippen LogP contribution is -2.17. The Kier molecular flexibility index (Phi) is 3.67. The van der Waals surface area contributed by atoms with Crippen LogP contribution in [0, 0.1) is 0 Å². The van der Waals surface area contributed by atoms with Crippen LogP contribution in [-0.2, 0) is 22.3 Å². The maximum Gasteiger partial charge on any atom is 0.338 e. The molecule has 0 aliphatic heterocycles. The molecule has 4 nitrogen and oxygen atoms in total. The van der Waals surface area contributed by atoms with E-state index >= 15 is 0 Å². The molecule has 0 bridgehead atoms. The van der Waals surface area contributed by atoms with Crippen LogP contribution >= 0.6 is 0 Å². The number of methoxy groups -OCH3 is 2. The molecule has 112 valence electrons. The summed E-state index contributed by atoms with van der Waals surface area (Å²) in [5, 5.41) is 0. The normalized spacial score (nSPS) is 12.1. The molecule has 2 aromatic carbocycles. The molecule has 1 aliphatic carbocycles. The fourth-order valence-electron chi connectivity index (χ4n) is 3.00. The van der Waals surface area contributed by atoms with Crippen LogP contribution in [0.2, 0.25) is 0 Å². The van der Waals surface area contributed by atoms with Gasteiger partial charge < -0.3 is 9.47 Å². The van der Waals surface area contributed by atoms with Gasteiger partial charge in [0, 0.05) is 0 Å². The van der Waals surface area contributed by atoms with E-state index in [2.05, 4.69) is 0 Å². The summed E-state index contributed by atoms with van der Waals surface area (Å²) in [6.45, 7) is 0. The maximum atomic E-state index is 11.9. The summed E-state index contributed by atoms with van der Waals surface area (Å²) < 4.78 is 9.71. The number of fused-ring (bicyclic) bond motifs is 2. The van der Waals surface area contributed by atoms with Crippen LogP contribution in [0.15, 0.2) is 36.4 Å². The second-order valence-corrected chi connectivity index (χ2v) is 5.22. The van der Waals surface area contributed by atoms with Crippen LogP contribution < -0.4 is 0 Å². The van der Waals surface area contributed by atoms with Gasteiger partial charge in [-0.2, -0.15) is 0 Å². The molecule has 0 aromatic heterocycles. The minimum Gasteiger partial charge on any atom is -0.465 e. The molecule has 2 aromatic rings. The van der Waals surface area contributed by atoms with Crippen LogP contribution in [-0.4, -0.2) is 26.2 Å². The first-order valence-corrected chi connectivity index (χ1v) is 7.04. The monoisotopic (exact) mass is 296 g/mol. The fourth-order valence-corrected chi connectivity index (χ4v) is 3.00. The standard InChI is InChI=1S/C18H16O4/c1-21-17(19)13-7-3-5-11-10-16-12(9-15(11)13)6-4-8-14(16)18(20)22-2/h3-8H,9-10H2,1-2H3. The Morgan fingerprint density at radius 3 is 1.55 bits per heavy atom. The highest BCUT2D eigenvalue weighted by Gasteiger charge is 2.24. The number of ether oxygens (including phenoxy) is 2. The number of esters is 2. The van der Waals surface area contributed by atoms with Gasteiger partial charge in [-0.3, -0.25) is 0 Å². The second kappa shape index (κ2) is 5.64. The van der Waals surface area contributed by atoms with E-state index < -0.39 is 0 Å². The van der Waals surface area contributed by atoms with Gasteiger partial charge in [-0.05, 0) is 47.2 Å². The van der Waals surface area contributed by atoms with Gasteiger partial charge in [-0.25, -0.2) is 9.59 Å². The Balaban J connectivity index is 2.10. The smallest absolute Gasteiger partial charge is 0.338 e. The molecule has 3 rings (SSSR count). The van der Waals surface area contributed by atoms with Gasteiger partial charge in [-0.1, -0.05) is 24.3 Å². The highest BCUT2D eigenvalue weighted by molar-refractivity contribution is 5.93. The Bertz CT molecular complexity index is 696. The lowest BCUT2D eigenvalue weighted by atomic mass is 9.81. The fraction of sp³-hybridized carbons (Fsp3) is 0.222. The molecule has 0 saturated carbocycles. The molecule has 0 amide bonds. The zero-order chi connectivity index (χ0) is 15.7. The summed E-state index contributed by atoms with van der Waals surface area (Å²) >= 11 is 0. The Labute approximate surface area is 128 Å². The van der Waals surface area contributed by atoms with E-state index in [9.17, 15) is 9.59 Å². The minimum absolute atomic E-state index is 0.329. The Morgan fingerprint density at radius 2 is 1.18 bits per heavy atom. The lowest BCUT2D eigenvalue weighted by Gasteiger charge is -2.23. The maximum absolute atomic E-state index is 11.9. The molecule has 0 unspecified atom stereocenters. The highest BCUT2D eigenvalue weighted by atomic mass is 16.5. The third kappa shape index (κ3) is 2.26. The van der Waals surface area contributed by atoms with Crippen molar-refractivity contribution in [2.75, 3.05) is 14.2 Å². The zero-order valence-electron chi connectivity index (χ0n) is 12.5. The van der Waals surface area contributed by atoms with Gasteiger partial charge in [0.25, 0.3) is 0 Å². The van der Waals surface area contributed by atoms with Crippen molar-refractivity contribution in [2.45, 2.75) is 12.8 Å². The third-order valence-corrected chi connectivity index (χ3v) is 4.09. The van der Waals surface area contributed by atoms with Crippen LogP contribution in [0.3, 0.4) is 0 Å². The summed E-state index contributed by atoms with van der Waals surface area (Å²) in [7, 11) is 2.77. The van der Waals surface area contributed by atoms with Gasteiger partial charge in [-0.15, -0.1) is 0 Å². The second-order valence-electron chi connectivity index (χ2n) is 5.22. The first kappa shape index (κ1) is 14.3. The molecule has 0 atom stereocenters. The first-order chi connectivity index (χ1) is 10.7. The molecule has 0 radical (unpaired) electrons. The third-order valence-electron chi connectivity index (χ3n) is 4.09. The Hall–Kier alpha value is -2.62. The molecular formula is C18H16O4. The molecule has 0 N–H and O–H groups in total. The average Bonchev–Trinajstić information content (AvgIpc) is 2.57. The quantitative estimate of drug-likeness (QED) is 0.682. The molecule has 0 saturated heterocycles. The van der Waals surface area contributed by atoms with Crippen molar-refractivity contribution < 1.29 is 19.1 Å². The molecule has 4 heteroatoms. The van der Waals surface area contributed by atoms with Crippen molar-refractivity contribution in [1.82, 2.24) is 0 Å². The van der Waals surface area contributed by atoms with E-state index in [4.69, 9.17) is 9.47 Å². The number of hydrogen-bond donors (Lipinski definition) is 0. The van der Waals surface area contributed by atoms with Gasteiger partial charge in [0.2, 0.25) is 0 Å². The number of carbonyl (C=O) groups is 2. The predicted octanol–water partition coefficient (Wildman–Crippen LogP) is 2.75. The SMILES string of the molecule is COC(=O)c1cccc2c1Cc1cccc(C(=O)OC)c1C2. The number of benzene rings is 2. The van der Waals surface area contributed by atoms with Crippen LogP contribution in [0.1, 0.15) is 43.0 Å². The zero-order valence-corrected chi connectivity index (χ0v) is 12.5. The van der Waals surface area contributed by atoms with Crippen molar-refractivity contribution in [3.05, 3.63) is 69.8 Å². The molecule has 0 spiro atoms. The van der Waals surface area contributed by atoms with E-state index in [-0.39, 0.29) is 11.9 Å². The molecule has 22 heavy (non-hydrogen) atoms. The number of hydrogen-bond acceptors (Lipinski definition) is 4. The van der Waals surface area contributed by atoms with E-state index in [1.807, 2.05) is 24.3 Å². The summed E-state index contributed by atoms with van der Waals surface area (Å²) in [4.78, 5) is 23.8. The summed E-state index contributed by atoms with van der Waals surface area (Å²) in [5.74, 6) is -0.658. The largest absolute Gasteiger partial charge is 0.465 e. The highest BCUT2D eigenvalue weighted by Crippen LogP contribution is 2.31. The summed E-state index contributed by atoms with van der Waals surface area (Å²) in [5.41, 5.74) is 5.23. The van der Waals surface area contributed by atoms with Crippen molar-refractivity contribution in [2.24, 2.45) is 0 Å². The van der Waals surface area contributed by atoms with Gasteiger partial charge >= 0.3 is 11.9 Å². The number of carbonyl (C=O) groups excluding carboxylic acids is 2. The minimum atomic E-state index is -0.329. The van der Waals surface area contributed by atoms with E-state index in [0.29, 0.717) is 24.0 Å². The molecule has 1 aliphatic rings. The predicted molar refractivity (Wildman–Crippen MR) is 81.2 cm³/mol. The van der Waals surface area contributed by atoms with Crippen LogP contribution in [0.4, 0.5) is 0 Å².